The highest BCUT2D eigenvalue weighted by atomic mass is 32.2. The van der Waals surface area contributed by atoms with Gasteiger partial charge in [-0.2, -0.15) is 11.8 Å². The molecule has 5 heteroatoms. The lowest BCUT2D eigenvalue weighted by molar-refractivity contribution is -0.140. The molecule has 1 rings (SSSR count). The summed E-state index contributed by atoms with van der Waals surface area (Å²) in [5, 5.41) is 0. The molecule has 0 aliphatic carbocycles. The highest BCUT2D eigenvalue weighted by Gasteiger charge is 2.27. The third-order valence-corrected chi connectivity index (χ3v) is 3.24. The highest BCUT2D eigenvalue weighted by Crippen LogP contribution is 2.09. The molecule has 0 spiro atoms. The summed E-state index contributed by atoms with van der Waals surface area (Å²) in [6, 6.07) is -0.190. The maximum absolute atomic E-state index is 12.0. The van der Waals surface area contributed by atoms with Crippen LogP contribution >= 0.6 is 11.8 Å². The summed E-state index contributed by atoms with van der Waals surface area (Å²) in [7, 11) is 0. The van der Waals surface area contributed by atoms with Gasteiger partial charge in [0.1, 0.15) is 0 Å². The van der Waals surface area contributed by atoms with E-state index in [1.54, 1.807) is 11.8 Å². The number of nitrogens with zero attached hydrogens (tertiary/aromatic N) is 1. The van der Waals surface area contributed by atoms with Gasteiger partial charge in [-0.3, -0.25) is 4.79 Å². The number of carbonyl (C=O) groups excluding carboxylic acids is 1. The van der Waals surface area contributed by atoms with E-state index in [0.717, 1.165) is 12.2 Å². The maximum Gasteiger partial charge on any atom is 0.239 e. The van der Waals surface area contributed by atoms with Crippen LogP contribution in [0.5, 0.6) is 0 Å². The Bertz CT molecular complexity index is 214. The number of morpholine rings is 1. The van der Waals surface area contributed by atoms with Crippen molar-refractivity contribution in [3.05, 3.63) is 0 Å². The summed E-state index contributed by atoms with van der Waals surface area (Å²) in [5.41, 5.74) is 5.85. The Hall–Kier alpha value is -0.260. The first-order valence-corrected chi connectivity index (χ1v) is 6.69. The molecule has 0 saturated carbocycles. The number of amides is 1. The molecule has 4 nitrogen and oxygen atoms in total. The van der Waals surface area contributed by atoms with Gasteiger partial charge in [0.15, 0.2) is 0 Å². The summed E-state index contributed by atoms with van der Waals surface area (Å²) in [4.78, 5) is 13.8. The first kappa shape index (κ1) is 12.8. The van der Waals surface area contributed by atoms with Crippen LogP contribution in [0, 0.1) is 0 Å². The number of carbonyl (C=O) groups is 1. The molecule has 15 heavy (non-hydrogen) atoms. The molecule has 88 valence electrons. The number of thioether (sulfide) groups is 1. The highest BCUT2D eigenvalue weighted by molar-refractivity contribution is 7.98. The first-order chi connectivity index (χ1) is 7.16. The van der Waals surface area contributed by atoms with E-state index in [1.165, 1.54) is 0 Å². The summed E-state index contributed by atoms with van der Waals surface area (Å²) in [6.07, 6.45) is 2.78. The monoisotopic (exact) mass is 232 g/mol. The van der Waals surface area contributed by atoms with Gasteiger partial charge in [0, 0.05) is 6.54 Å². The smallest absolute Gasteiger partial charge is 0.239 e. The fourth-order valence-corrected chi connectivity index (χ4v) is 2.13. The van der Waals surface area contributed by atoms with Crippen LogP contribution in [-0.4, -0.2) is 54.7 Å². The van der Waals surface area contributed by atoms with Gasteiger partial charge >= 0.3 is 0 Å². The van der Waals surface area contributed by atoms with Crippen molar-refractivity contribution < 1.29 is 9.53 Å². The van der Waals surface area contributed by atoms with E-state index >= 15 is 0 Å². The summed E-state index contributed by atoms with van der Waals surface area (Å²) in [5.74, 6) is 1.01. The molecule has 0 aromatic heterocycles. The molecular weight excluding hydrogens is 212 g/mol. The van der Waals surface area contributed by atoms with E-state index in [9.17, 15) is 4.79 Å². The second-order valence-electron chi connectivity index (χ2n) is 3.84. The molecule has 0 aromatic rings. The molecule has 1 fully saturated rings. The fraction of sp³-hybridized carbons (Fsp3) is 0.900. The minimum Gasteiger partial charge on any atom is -0.377 e. The molecule has 1 heterocycles. The van der Waals surface area contributed by atoms with Crippen LogP contribution in [-0.2, 0) is 9.53 Å². The molecule has 0 radical (unpaired) electrons. The number of nitrogens with two attached hydrogens (primary N) is 1. The number of ether oxygens (including phenoxy) is 1. The molecule has 2 unspecified atom stereocenters. The molecule has 0 bridgehead atoms. The topological polar surface area (TPSA) is 55.6 Å². The average Bonchev–Trinajstić information content (AvgIpc) is 2.25. The van der Waals surface area contributed by atoms with Crippen molar-refractivity contribution in [2.45, 2.75) is 25.4 Å². The minimum atomic E-state index is -0.349. The van der Waals surface area contributed by atoms with Crippen molar-refractivity contribution in [3.8, 4) is 0 Å². The van der Waals surface area contributed by atoms with Gasteiger partial charge in [0.25, 0.3) is 0 Å². The van der Waals surface area contributed by atoms with Crippen molar-refractivity contribution in [1.82, 2.24) is 4.90 Å². The fourth-order valence-electron chi connectivity index (χ4n) is 1.64. The second-order valence-corrected chi connectivity index (χ2v) is 4.83. The maximum atomic E-state index is 12.0. The Morgan fingerprint density at radius 3 is 3.07 bits per heavy atom. The van der Waals surface area contributed by atoms with E-state index < -0.39 is 0 Å². The predicted molar refractivity (Wildman–Crippen MR) is 63.0 cm³/mol. The Morgan fingerprint density at radius 1 is 1.73 bits per heavy atom. The van der Waals surface area contributed by atoms with Crippen LogP contribution in [0.4, 0.5) is 0 Å². The Balaban J connectivity index is 2.43. The number of hydrogen-bond acceptors (Lipinski definition) is 4. The van der Waals surface area contributed by atoms with Crippen LogP contribution in [0.2, 0.25) is 0 Å². The average molecular weight is 232 g/mol. The van der Waals surface area contributed by atoms with Crippen molar-refractivity contribution in [2.75, 3.05) is 31.8 Å². The molecular formula is C10H20N2O2S. The normalized spacial score (nSPS) is 23.9. The molecule has 2 N–H and O–H groups in total. The van der Waals surface area contributed by atoms with E-state index in [1.807, 2.05) is 18.1 Å². The molecule has 1 amide bonds. The zero-order valence-electron chi connectivity index (χ0n) is 9.44. The van der Waals surface area contributed by atoms with Crippen LogP contribution in [0.15, 0.2) is 0 Å². The van der Waals surface area contributed by atoms with Crippen LogP contribution in [0.25, 0.3) is 0 Å². The van der Waals surface area contributed by atoms with E-state index in [-0.39, 0.29) is 18.0 Å². The van der Waals surface area contributed by atoms with Gasteiger partial charge in [-0.05, 0) is 25.4 Å². The quantitative estimate of drug-likeness (QED) is 0.758. The molecule has 2 atom stereocenters. The zero-order chi connectivity index (χ0) is 11.3. The Kier molecular flexibility index (Phi) is 5.42. The van der Waals surface area contributed by atoms with Crippen LogP contribution < -0.4 is 5.73 Å². The van der Waals surface area contributed by atoms with Crippen LogP contribution in [0.3, 0.4) is 0 Å². The van der Waals surface area contributed by atoms with Crippen molar-refractivity contribution in [2.24, 2.45) is 5.73 Å². The molecule has 1 aliphatic rings. The lowest BCUT2D eigenvalue weighted by Crippen LogP contribution is -2.53. The van der Waals surface area contributed by atoms with Gasteiger partial charge in [0.05, 0.1) is 25.3 Å². The van der Waals surface area contributed by atoms with Crippen molar-refractivity contribution in [1.29, 1.82) is 0 Å². The SMILES string of the molecule is CSCCC(N)C(=O)N1CCOCC1C. The predicted octanol–water partition coefficient (Wildman–Crippen LogP) is 0.314. The van der Waals surface area contributed by atoms with E-state index in [4.69, 9.17) is 10.5 Å². The number of hydrogen-bond donors (Lipinski definition) is 1. The van der Waals surface area contributed by atoms with Gasteiger partial charge in [0.2, 0.25) is 5.91 Å². The number of rotatable bonds is 4. The Morgan fingerprint density at radius 2 is 2.47 bits per heavy atom. The molecule has 0 aromatic carbocycles. The summed E-state index contributed by atoms with van der Waals surface area (Å²) in [6.45, 7) is 3.93. The van der Waals surface area contributed by atoms with Crippen molar-refractivity contribution in [3.63, 3.8) is 0 Å². The van der Waals surface area contributed by atoms with Gasteiger partial charge in [-0.15, -0.1) is 0 Å². The van der Waals surface area contributed by atoms with E-state index in [2.05, 4.69) is 0 Å². The van der Waals surface area contributed by atoms with Crippen LogP contribution in [0.1, 0.15) is 13.3 Å². The lowest BCUT2D eigenvalue weighted by atomic mass is 10.1. The van der Waals surface area contributed by atoms with E-state index in [0.29, 0.717) is 19.8 Å². The van der Waals surface area contributed by atoms with Crippen molar-refractivity contribution >= 4 is 17.7 Å². The summed E-state index contributed by atoms with van der Waals surface area (Å²) < 4.78 is 5.28. The third-order valence-electron chi connectivity index (χ3n) is 2.60. The first-order valence-electron chi connectivity index (χ1n) is 5.29. The zero-order valence-corrected chi connectivity index (χ0v) is 10.3. The van der Waals surface area contributed by atoms with Gasteiger partial charge in [-0.25, -0.2) is 0 Å². The lowest BCUT2D eigenvalue weighted by Gasteiger charge is -2.35. The summed E-state index contributed by atoms with van der Waals surface area (Å²) >= 11 is 1.72. The van der Waals surface area contributed by atoms with Gasteiger partial charge < -0.3 is 15.4 Å². The largest absolute Gasteiger partial charge is 0.377 e. The molecule has 1 saturated heterocycles. The Labute approximate surface area is 95.5 Å². The molecule has 1 aliphatic heterocycles. The minimum absolute atomic E-state index is 0.0693. The third kappa shape index (κ3) is 3.66. The van der Waals surface area contributed by atoms with Gasteiger partial charge in [-0.1, -0.05) is 0 Å². The second kappa shape index (κ2) is 6.35. The standard InChI is InChI=1S/C10H20N2O2S/c1-8-7-14-5-4-12(8)10(13)9(11)3-6-15-2/h8-9H,3-7,11H2,1-2H3.